The van der Waals surface area contributed by atoms with E-state index in [1.54, 1.807) is 0 Å². The Kier molecular flexibility index (Phi) is 2.65. The summed E-state index contributed by atoms with van der Waals surface area (Å²) in [6.07, 6.45) is 5.33. The lowest BCUT2D eigenvalue weighted by Crippen LogP contribution is -2.41. The molecular weight excluding hydrogens is 168 g/mol. The number of ether oxygens (including phenoxy) is 2. The smallest absolute Gasteiger partial charge is 0.131 e. The van der Waals surface area contributed by atoms with E-state index in [1.165, 1.54) is 6.42 Å². The molecule has 0 saturated carbocycles. The highest BCUT2D eigenvalue weighted by molar-refractivity contribution is 5.61. The summed E-state index contributed by atoms with van der Waals surface area (Å²) in [6, 6.07) is 0. The van der Waals surface area contributed by atoms with E-state index in [-0.39, 0.29) is 11.5 Å². The van der Waals surface area contributed by atoms with Gasteiger partial charge in [0.15, 0.2) is 0 Å². The summed E-state index contributed by atoms with van der Waals surface area (Å²) in [5.41, 5.74) is -0.319. The Morgan fingerprint density at radius 2 is 2.23 bits per heavy atom. The number of aldehydes is 1. The van der Waals surface area contributed by atoms with Crippen LogP contribution in [0.15, 0.2) is 0 Å². The van der Waals surface area contributed by atoms with Gasteiger partial charge >= 0.3 is 0 Å². The van der Waals surface area contributed by atoms with E-state index >= 15 is 0 Å². The van der Waals surface area contributed by atoms with Crippen LogP contribution in [0.25, 0.3) is 0 Å². The molecule has 0 aromatic rings. The fraction of sp³-hybridized carbons (Fsp3) is 0.900. The Morgan fingerprint density at radius 3 is 2.77 bits per heavy atom. The van der Waals surface area contributed by atoms with Gasteiger partial charge in [-0.1, -0.05) is 0 Å². The number of carbonyl (C=O) groups excluding carboxylic acids is 1. The molecule has 2 unspecified atom stereocenters. The molecule has 0 bridgehead atoms. The Labute approximate surface area is 78.4 Å². The van der Waals surface area contributed by atoms with Gasteiger partial charge in [0.25, 0.3) is 0 Å². The maximum atomic E-state index is 11.1. The third-order valence-corrected chi connectivity index (χ3v) is 3.14. The fourth-order valence-electron chi connectivity index (χ4n) is 2.21. The van der Waals surface area contributed by atoms with Crippen LogP contribution in [0.2, 0.25) is 0 Å². The van der Waals surface area contributed by atoms with Crippen LogP contribution in [0.5, 0.6) is 0 Å². The van der Waals surface area contributed by atoms with E-state index in [0.717, 1.165) is 32.2 Å². The molecule has 2 heterocycles. The molecule has 2 aliphatic heterocycles. The molecular formula is C10H16O3. The van der Waals surface area contributed by atoms with Gasteiger partial charge in [0.2, 0.25) is 0 Å². The van der Waals surface area contributed by atoms with Crippen LogP contribution >= 0.6 is 0 Å². The molecule has 2 saturated heterocycles. The molecule has 0 N–H and O–H groups in total. The van der Waals surface area contributed by atoms with Crippen molar-refractivity contribution in [2.24, 2.45) is 5.41 Å². The Bertz CT molecular complexity index is 179. The van der Waals surface area contributed by atoms with Crippen molar-refractivity contribution in [1.82, 2.24) is 0 Å². The molecule has 3 heteroatoms. The average molecular weight is 184 g/mol. The number of rotatable bonds is 2. The van der Waals surface area contributed by atoms with Gasteiger partial charge in [-0.25, -0.2) is 0 Å². The van der Waals surface area contributed by atoms with E-state index in [9.17, 15) is 4.79 Å². The van der Waals surface area contributed by atoms with Crippen LogP contribution in [-0.2, 0) is 14.3 Å². The second-order valence-electron chi connectivity index (χ2n) is 4.01. The molecule has 0 aromatic carbocycles. The first kappa shape index (κ1) is 9.16. The highest BCUT2D eigenvalue weighted by Crippen LogP contribution is 2.36. The lowest BCUT2D eigenvalue weighted by atomic mass is 9.80. The van der Waals surface area contributed by atoms with Crippen LogP contribution in [0, 0.1) is 5.41 Å². The summed E-state index contributed by atoms with van der Waals surface area (Å²) in [6.45, 7) is 2.07. The van der Waals surface area contributed by atoms with E-state index in [4.69, 9.17) is 9.47 Å². The first-order chi connectivity index (χ1) is 6.37. The molecule has 0 aliphatic carbocycles. The molecule has 2 fully saturated rings. The van der Waals surface area contributed by atoms with E-state index < -0.39 is 0 Å². The van der Waals surface area contributed by atoms with Gasteiger partial charge in [0.1, 0.15) is 6.29 Å². The van der Waals surface area contributed by atoms with Crippen molar-refractivity contribution in [2.45, 2.75) is 31.8 Å². The minimum atomic E-state index is -0.319. The summed E-state index contributed by atoms with van der Waals surface area (Å²) in [5, 5.41) is 0. The highest BCUT2D eigenvalue weighted by atomic mass is 16.5. The molecule has 0 radical (unpaired) electrons. The summed E-state index contributed by atoms with van der Waals surface area (Å²) in [4.78, 5) is 11.1. The maximum absolute atomic E-state index is 11.1. The molecule has 2 aliphatic rings. The van der Waals surface area contributed by atoms with Crippen molar-refractivity contribution in [2.75, 3.05) is 19.8 Å². The second kappa shape index (κ2) is 3.76. The first-order valence-electron chi connectivity index (χ1n) is 5.03. The van der Waals surface area contributed by atoms with Crippen LogP contribution in [0.1, 0.15) is 25.7 Å². The molecule has 13 heavy (non-hydrogen) atoms. The van der Waals surface area contributed by atoms with Crippen molar-refractivity contribution in [3.8, 4) is 0 Å². The van der Waals surface area contributed by atoms with Crippen molar-refractivity contribution >= 4 is 6.29 Å². The molecule has 2 rings (SSSR count). The summed E-state index contributed by atoms with van der Waals surface area (Å²) >= 11 is 0. The van der Waals surface area contributed by atoms with Gasteiger partial charge in [-0.2, -0.15) is 0 Å². The zero-order valence-corrected chi connectivity index (χ0v) is 7.83. The zero-order chi connectivity index (χ0) is 9.15. The van der Waals surface area contributed by atoms with E-state index in [0.29, 0.717) is 13.2 Å². The first-order valence-corrected chi connectivity index (χ1v) is 5.03. The van der Waals surface area contributed by atoms with Gasteiger partial charge in [-0.15, -0.1) is 0 Å². The third-order valence-electron chi connectivity index (χ3n) is 3.14. The normalized spacial score (nSPS) is 40.5. The highest BCUT2D eigenvalue weighted by Gasteiger charge is 2.43. The molecule has 2 atom stereocenters. The number of carbonyl (C=O) groups is 1. The Hall–Kier alpha value is -0.410. The van der Waals surface area contributed by atoms with Gasteiger partial charge in [0, 0.05) is 13.2 Å². The lowest BCUT2D eigenvalue weighted by Gasteiger charge is -2.33. The van der Waals surface area contributed by atoms with Gasteiger partial charge in [0.05, 0.1) is 18.1 Å². The van der Waals surface area contributed by atoms with E-state index in [1.807, 2.05) is 0 Å². The van der Waals surface area contributed by atoms with Gasteiger partial charge in [-0.05, 0) is 25.7 Å². The number of hydrogen-bond donors (Lipinski definition) is 0. The summed E-state index contributed by atoms with van der Waals surface area (Å²) in [5.74, 6) is 0. The topological polar surface area (TPSA) is 35.5 Å². The molecule has 0 amide bonds. The van der Waals surface area contributed by atoms with Gasteiger partial charge in [-0.3, -0.25) is 0 Å². The Balaban J connectivity index is 2.05. The third kappa shape index (κ3) is 1.63. The van der Waals surface area contributed by atoms with Crippen LogP contribution in [-0.4, -0.2) is 32.2 Å². The molecule has 3 nitrogen and oxygen atoms in total. The predicted octanol–water partition coefficient (Wildman–Crippen LogP) is 1.16. The largest absolute Gasteiger partial charge is 0.380 e. The number of hydrogen-bond acceptors (Lipinski definition) is 3. The second-order valence-corrected chi connectivity index (χ2v) is 4.01. The van der Waals surface area contributed by atoms with Crippen LogP contribution < -0.4 is 0 Å². The lowest BCUT2D eigenvalue weighted by molar-refractivity contribution is -0.130. The fourth-order valence-corrected chi connectivity index (χ4v) is 2.21. The zero-order valence-electron chi connectivity index (χ0n) is 7.83. The van der Waals surface area contributed by atoms with Crippen molar-refractivity contribution < 1.29 is 14.3 Å². The standard InChI is InChI=1S/C10H16O3/c11-7-10(4-6-12-8-10)9-3-1-2-5-13-9/h7,9H,1-6,8H2. The molecule has 74 valence electrons. The average Bonchev–Trinajstić information content (AvgIpc) is 2.69. The van der Waals surface area contributed by atoms with Crippen molar-refractivity contribution in [3.63, 3.8) is 0 Å². The van der Waals surface area contributed by atoms with Crippen molar-refractivity contribution in [3.05, 3.63) is 0 Å². The van der Waals surface area contributed by atoms with Crippen LogP contribution in [0.3, 0.4) is 0 Å². The summed E-state index contributed by atoms with van der Waals surface area (Å²) < 4.78 is 10.9. The minimum absolute atomic E-state index is 0.112. The minimum Gasteiger partial charge on any atom is -0.380 e. The van der Waals surface area contributed by atoms with Gasteiger partial charge < -0.3 is 14.3 Å². The monoisotopic (exact) mass is 184 g/mol. The van der Waals surface area contributed by atoms with E-state index in [2.05, 4.69) is 0 Å². The maximum Gasteiger partial charge on any atom is 0.131 e. The van der Waals surface area contributed by atoms with Crippen molar-refractivity contribution in [1.29, 1.82) is 0 Å². The molecule has 0 aromatic heterocycles. The quantitative estimate of drug-likeness (QED) is 0.604. The molecule has 0 spiro atoms. The SMILES string of the molecule is O=CC1(C2CCCCO2)CCOC1. The Morgan fingerprint density at radius 1 is 1.31 bits per heavy atom. The summed E-state index contributed by atoms with van der Waals surface area (Å²) in [7, 11) is 0. The van der Waals surface area contributed by atoms with Crippen LogP contribution in [0.4, 0.5) is 0 Å². The predicted molar refractivity (Wildman–Crippen MR) is 47.5 cm³/mol.